The van der Waals surface area contributed by atoms with E-state index in [4.69, 9.17) is 9.41 Å². The molecule has 2 aromatic heterocycles. The third-order valence-electron chi connectivity index (χ3n) is 11.9. The van der Waals surface area contributed by atoms with E-state index in [1.54, 1.807) is 0 Å². The monoisotopic (exact) mass is 723 g/mol. The molecule has 11 rings (SSSR count). The Hall–Kier alpha value is -6.65. The van der Waals surface area contributed by atoms with Crippen LogP contribution in [0.2, 0.25) is 0 Å². The summed E-state index contributed by atoms with van der Waals surface area (Å²) in [5.41, 5.74) is 13.5. The van der Waals surface area contributed by atoms with Crippen molar-refractivity contribution in [3.05, 3.63) is 198 Å². The Morgan fingerprint density at radius 3 is 2.32 bits per heavy atom. The van der Waals surface area contributed by atoms with Crippen molar-refractivity contribution in [2.75, 3.05) is 0 Å². The molecule has 0 saturated heterocycles. The van der Waals surface area contributed by atoms with Gasteiger partial charge in [0.2, 0.25) is 0 Å². The van der Waals surface area contributed by atoms with Crippen LogP contribution in [0.4, 0.5) is 0 Å². The summed E-state index contributed by atoms with van der Waals surface area (Å²) in [5.74, 6) is 1.24. The van der Waals surface area contributed by atoms with Crippen molar-refractivity contribution in [2.24, 2.45) is 4.99 Å². The molecule has 0 spiro atoms. The Labute approximate surface area is 326 Å². The molecule has 8 aromatic rings. The van der Waals surface area contributed by atoms with Crippen molar-refractivity contribution >= 4 is 49.6 Å². The van der Waals surface area contributed by atoms with Gasteiger partial charge in [-0.05, 0) is 102 Å². The molecule has 2 aliphatic carbocycles. The average Bonchev–Trinajstić information content (AvgIpc) is 3.83. The van der Waals surface area contributed by atoms with Gasteiger partial charge < -0.3 is 14.3 Å². The van der Waals surface area contributed by atoms with Crippen molar-refractivity contribution < 1.29 is 4.42 Å². The van der Waals surface area contributed by atoms with Gasteiger partial charge in [0.1, 0.15) is 11.4 Å². The zero-order valence-electron chi connectivity index (χ0n) is 31.2. The van der Waals surface area contributed by atoms with Crippen LogP contribution in [0.15, 0.2) is 191 Å². The van der Waals surface area contributed by atoms with Crippen LogP contribution in [0.1, 0.15) is 60.8 Å². The van der Waals surface area contributed by atoms with Gasteiger partial charge in [0.15, 0.2) is 5.58 Å². The maximum atomic E-state index is 6.96. The fourth-order valence-electron chi connectivity index (χ4n) is 9.14. The number of nitrogens with zero attached hydrogens (tertiary/aromatic N) is 2. The number of aromatic nitrogens is 1. The highest BCUT2D eigenvalue weighted by molar-refractivity contribution is 6.20. The summed E-state index contributed by atoms with van der Waals surface area (Å²) in [6.45, 7) is 0. The van der Waals surface area contributed by atoms with Crippen LogP contribution in [0.3, 0.4) is 0 Å². The van der Waals surface area contributed by atoms with E-state index in [1.807, 2.05) is 0 Å². The lowest BCUT2D eigenvalue weighted by atomic mass is 9.91. The Balaban J connectivity index is 1.10. The van der Waals surface area contributed by atoms with Crippen LogP contribution in [0.25, 0.3) is 60.6 Å². The van der Waals surface area contributed by atoms with Gasteiger partial charge in [0, 0.05) is 33.0 Å². The molecule has 6 aromatic carbocycles. The Morgan fingerprint density at radius 1 is 0.679 bits per heavy atom. The highest BCUT2D eigenvalue weighted by Gasteiger charge is 2.25. The predicted octanol–water partition coefficient (Wildman–Crippen LogP) is 13.4. The second-order valence-corrected chi connectivity index (χ2v) is 15.3. The summed E-state index contributed by atoms with van der Waals surface area (Å²) in [6, 6.07) is 48.3. The Bertz CT molecular complexity index is 2970. The number of aliphatic imine (C=N–C) groups is 1. The maximum absolute atomic E-state index is 6.96. The molecule has 270 valence electrons. The summed E-state index contributed by atoms with van der Waals surface area (Å²) in [5, 5.41) is 8.47. The first kappa shape index (κ1) is 32.8. The van der Waals surface area contributed by atoms with E-state index in [2.05, 4.69) is 180 Å². The van der Waals surface area contributed by atoms with Crippen molar-refractivity contribution in [1.29, 1.82) is 0 Å². The number of furan rings is 1. The third kappa shape index (κ3) is 5.55. The normalized spacial score (nSPS) is 18.3. The fraction of sp³-hybridized carbons (Fsp3) is 0.135. The molecular formula is C52H41N3O. The van der Waals surface area contributed by atoms with Crippen molar-refractivity contribution in [1.82, 2.24) is 9.88 Å². The number of hydrogen-bond acceptors (Lipinski definition) is 3. The van der Waals surface area contributed by atoms with Crippen LogP contribution < -0.4 is 5.32 Å². The molecule has 0 saturated carbocycles. The molecule has 0 fully saturated rings. The second-order valence-electron chi connectivity index (χ2n) is 15.3. The summed E-state index contributed by atoms with van der Waals surface area (Å²) in [4.78, 5) is 5.36. The van der Waals surface area contributed by atoms with Gasteiger partial charge in [-0.25, -0.2) is 4.99 Å². The summed E-state index contributed by atoms with van der Waals surface area (Å²) < 4.78 is 9.36. The first-order valence-electron chi connectivity index (χ1n) is 20.0. The summed E-state index contributed by atoms with van der Waals surface area (Å²) >= 11 is 0. The maximum Gasteiger partial charge on any atom is 0.159 e. The number of allylic oxidation sites excluding steroid dienone is 6. The van der Waals surface area contributed by atoms with Gasteiger partial charge in [0.25, 0.3) is 0 Å². The largest absolute Gasteiger partial charge is 0.454 e. The first-order valence-corrected chi connectivity index (χ1v) is 20.0. The lowest BCUT2D eigenvalue weighted by molar-refractivity contribution is 0.666. The lowest BCUT2D eigenvalue weighted by Crippen LogP contribution is -2.31. The highest BCUT2D eigenvalue weighted by atomic mass is 16.3. The SMILES string of the molecule is C1=CCC(c2ccc3c(c2)c2cc(-c4ccccc4)ccc2n3-c2cccc3c2oc2cccc(C4=NC(C5=CCCCC5)=CC(c5ccccc5)N4)c23)C=C1. The Kier molecular flexibility index (Phi) is 7.94. The van der Waals surface area contributed by atoms with Crippen molar-refractivity contribution in [3.63, 3.8) is 0 Å². The van der Waals surface area contributed by atoms with Gasteiger partial charge in [-0.2, -0.15) is 0 Å². The van der Waals surface area contributed by atoms with Crippen LogP contribution in [0.5, 0.6) is 0 Å². The molecule has 0 bridgehead atoms. The van der Waals surface area contributed by atoms with Gasteiger partial charge in [-0.1, -0.05) is 127 Å². The molecule has 56 heavy (non-hydrogen) atoms. The smallest absolute Gasteiger partial charge is 0.159 e. The zero-order chi connectivity index (χ0) is 37.0. The summed E-state index contributed by atoms with van der Waals surface area (Å²) in [7, 11) is 0. The van der Waals surface area contributed by atoms with E-state index in [0.717, 1.165) is 75.0 Å². The number of para-hydroxylation sites is 1. The molecule has 3 heterocycles. The number of benzene rings is 6. The van der Waals surface area contributed by atoms with Gasteiger partial charge in [-0.15, -0.1) is 0 Å². The number of nitrogens with one attached hydrogen (secondary N) is 1. The molecular weight excluding hydrogens is 683 g/mol. The quantitative estimate of drug-likeness (QED) is 0.186. The minimum absolute atomic E-state index is 0.00824. The van der Waals surface area contributed by atoms with E-state index < -0.39 is 0 Å². The molecule has 4 heteroatoms. The molecule has 0 amide bonds. The van der Waals surface area contributed by atoms with Gasteiger partial charge in [-0.3, -0.25) is 0 Å². The topological polar surface area (TPSA) is 42.5 Å². The molecule has 2 unspecified atom stereocenters. The summed E-state index contributed by atoms with van der Waals surface area (Å²) in [6.07, 6.45) is 19.2. The van der Waals surface area contributed by atoms with Crippen LogP contribution in [-0.4, -0.2) is 10.4 Å². The fourth-order valence-corrected chi connectivity index (χ4v) is 9.14. The Morgan fingerprint density at radius 2 is 1.50 bits per heavy atom. The molecule has 0 radical (unpaired) electrons. The molecule has 4 nitrogen and oxygen atoms in total. The van der Waals surface area contributed by atoms with Gasteiger partial charge in [0.05, 0.1) is 28.5 Å². The number of fused-ring (bicyclic) bond motifs is 6. The third-order valence-corrected chi connectivity index (χ3v) is 11.9. The minimum atomic E-state index is 0.00824. The molecule has 1 N–H and O–H groups in total. The van der Waals surface area contributed by atoms with Crippen molar-refractivity contribution in [3.8, 4) is 16.8 Å². The van der Waals surface area contributed by atoms with Crippen molar-refractivity contribution in [2.45, 2.75) is 44.1 Å². The first-order chi connectivity index (χ1) is 27.8. The van der Waals surface area contributed by atoms with E-state index in [1.165, 1.54) is 51.4 Å². The number of amidine groups is 1. The molecule has 3 aliphatic rings. The molecule has 2 atom stereocenters. The van der Waals surface area contributed by atoms with Gasteiger partial charge >= 0.3 is 0 Å². The second kappa shape index (κ2) is 13.6. The zero-order valence-corrected chi connectivity index (χ0v) is 31.2. The van der Waals surface area contributed by atoms with Crippen LogP contribution >= 0.6 is 0 Å². The standard InChI is InChI=1S/C52H41N3O/c1-5-15-34(16-6-1)38-27-29-46-42(31-38)43-32-39(35-17-7-2-8-18-35)28-30-47(43)55(46)48-25-13-23-40-50-41(24-14-26-49(50)56-51(40)48)52-53-44(36-19-9-3-10-20-36)33-45(54-52)37-21-11-4-12-22-37/h1-3,5-10,13-17,19-21,23-33,35,44H,4,11-12,18,22H2,(H,53,54). The number of rotatable bonds is 6. The van der Waals surface area contributed by atoms with E-state index in [-0.39, 0.29) is 6.04 Å². The minimum Gasteiger partial charge on any atom is -0.454 e. The predicted molar refractivity (Wildman–Crippen MR) is 233 cm³/mol. The number of hydrogen-bond donors (Lipinski definition) is 1. The van der Waals surface area contributed by atoms with E-state index in [0.29, 0.717) is 5.92 Å². The van der Waals surface area contributed by atoms with Crippen LogP contribution in [-0.2, 0) is 0 Å². The molecule has 1 aliphatic heterocycles. The van der Waals surface area contributed by atoms with E-state index >= 15 is 0 Å². The lowest BCUT2D eigenvalue weighted by Gasteiger charge is -2.26. The highest BCUT2D eigenvalue weighted by Crippen LogP contribution is 2.42. The average molecular weight is 724 g/mol. The van der Waals surface area contributed by atoms with E-state index in [9.17, 15) is 0 Å². The van der Waals surface area contributed by atoms with Crippen LogP contribution in [0, 0.1) is 0 Å².